The Bertz CT molecular complexity index is 523. The molecule has 110 valence electrons. The zero-order valence-electron chi connectivity index (χ0n) is 9.97. The summed E-state index contributed by atoms with van der Waals surface area (Å²) < 4.78 is 50.7. The molecule has 4 nitrogen and oxygen atoms in total. The molecule has 2 rings (SSSR count). The highest BCUT2D eigenvalue weighted by Gasteiger charge is 2.33. The Morgan fingerprint density at radius 3 is 2.70 bits per heavy atom. The van der Waals surface area contributed by atoms with E-state index in [1.54, 1.807) is 0 Å². The third-order valence-corrected chi connectivity index (χ3v) is 3.17. The van der Waals surface area contributed by atoms with Gasteiger partial charge in [-0.2, -0.15) is 13.2 Å². The molecule has 9 heteroatoms. The summed E-state index contributed by atoms with van der Waals surface area (Å²) in [6.45, 7) is 0.0534. The first-order chi connectivity index (χ1) is 9.25. The van der Waals surface area contributed by atoms with E-state index in [9.17, 15) is 22.4 Å². The molecule has 0 spiro atoms. The zero-order chi connectivity index (χ0) is 14.9. The molecule has 1 aromatic rings. The van der Waals surface area contributed by atoms with Crippen molar-refractivity contribution in [1.82, 2.24) is 10.3 Å². The minimum Gasteiger partial charge on any atom is -0.309 e. The van der Waals surface area contributed by atoms with E-state index in [2.05, 4.69) is 31.5 Å². The van der Waals surface area contributed by atoms with Gasteiger partial charge in [0.2, 0.25) is 5.91 Å². The number of pyridine rings is 1. The first kappa shape index (κ1) is 15.2. The standard InChI is InChI=1S/C11H10BrF4N3O/c12-8-1-5(11(14,15)16)2-9(18-8)19-10(20)7-3-6(13)4-17-7/h1-2,6-7,17H,3-4H2,(H,18,19,20)/t6-,7+/m1/s1. The van der Waals surface area contributed by atoms with Crippen molar-refractivity contribution >= 4 is 27.7 Å². The molecule has 0 radical (unpaired) electrons. The highest BCUT2D eigenvalue weighted by atomic mass is 79.9. The quantitative estimate of drug-likeness (QED) is 0.633. The number of aromatic nitrogens is 1. The highest BCUT2D eigenvalue weighted by Crippen LogP contribution is 2.32. The number of carbonyl (C=O) groups excluding carboxylic acids is 1. The molecule has 0 bridgehead atoms. The number of hydrogen-bond acceptors (Lipinski definition) is 3. The zero-order valence-corrected chi connectivity index (χ0v) is 11.6. The van der Waals surface area contributed by atoms with Crippen LogP contribution in [0.2, 0.25) is 0 Å². The van der Waals surface area contributed by atoms with Crippen LogP contribution in [0.25, 0.3) is 0 Å². The van der Waals surface area contributed by atoms with Crippen molar-refractivity contribution in [3.8, 4) is 0 Å². The topological polar surface area (TPSA) is 54.0 Å². The van der Waals surface area contributed by atoms with Gasteiger partial charge in [0.25, 0.3) is 0 Å². The number of hydrogen-bond donors (Lipinski definition) is 2. The van der Waals surface area contributed by atoms with Crippen molar-refractivity contribution in [2.24, 2.45) is 0 Å². The van der Waals surface area contributed by atoms with E-state index in [-0.39, 0.29) is 23.4 Å². The molecular weight excluding hydrogens is 346 g/mol. The van der Waals surface area contributed by atoms with Gasteiger partial charge in [0, 0.05) is 13.0 Å². The molecule has 0 saturated carbocycles. The predicted molar refractivity (Wildman–Crippen MR) is 66.9 cm³/mol. The van der Waals surface area contributed by atoms with Gasteiger partial charge < -0.3 is 10.6 Å². The van der Waals surface area contributed by atoms with Crippen LogP contribution in [0.1, 0.15) is 12.0 Å². The molecule has 2 heterocycles. The van der Waals surface area contributed by atoms with Gasteiger partial charge in [0.05, 0.1) is 11.6 Å². The van der Waals surface area contributed by atoms with Crippen LogP contribution >= 0.6 is 15.9 Å². The van der Waals surface area contributed by atoms with Crippen LogP contribution < -0.4 is 10.6 Å². The van der Waals surface area contributed by atoms with Crippen LogP contribution in [-0.2, 0) is 11.0 Å². The van der Waals surface area contributed by atoms with E-state index in [1.807, 2.05) is 0 Å². The Kier molecular flexibility index (Phi) is 4.28. The van der Waals surface area contributed by atoms with Gasteiger partial charge in [-0.25, -0.2) is 9.37 Å². The molecule has 1 aromatic heterocycles. The van der Waals surface area contributed by atoms with Crippen molar-refractivity contribution in [2.75, 3.05) is 11.9 Å². The van der Waals surface area contributed by atoms with Crippen molar-refractivity contribution in [3.63, 3.8) is 0 Å². The van der Waals surface area contributed by atoms with Crippen LogP contribution in [0.5, 0.6) is 0 Å². The number of nitrogens with zero attached hydrogens (tertiary/aromatic N) is 1. The molecule has 1 aliphatic rings. The third-order valence-electron chi connectivity index (χ3n) is 2.77. The second kappa shape index (κ2) is 5.65. The van der Waals surface area contributed by atoms with E-state index in [0.717, 1.165) is 12.1 Å². The average molecular weight is 356 g/mol. The fourth-order valence-electron chi connectivity index (χ4n) is 1.83. The Labute approximate surface area is 120 Å². The first-order valence-corrected chi connectivity index (χ1v) is 6.48. The average Bonchev–Trinajstić information content (AvgIpc) is 2.74. The maximum absolute atomic E-state index is 12.9. The Hall–Kier alpha value is -1.22. The van der Waals surface area contributed by atoms with E-state index < -0.39 is 29.9 Å². The maximum atomic E-state index is 12.9. The molecule has 1 fully saturated rings. The Morgan fingerprint density at radius 1 is 1.45 bits per heavy atom. The summed E-state index contributed by atoms with van der Waals surface area (Å²) in [5, 5.41) is 4.89. The molecule has 0 aromatic carbocycles. The van der Waals surface area contributed by atoms with Gasteiger partial charge in [-0.05, 0) is 28.1 Å². The molecule has 0 aliphatic carbocycles. The summed E-state index contributed by atoms with van der Waals surface area (Å²) in [7, 11) is 0. The highest BCUT2D eigenvalue weighted by molar-refractivity contribution is 9.10. The van der Waals surface area contributed by atoms with Gasteiger partial charge in [-0.1, -0.05) is 0 Å². The van der Waals surface area contributed by atoms with Crippen molar-refractivity contribution in [3.05, 3.63) is 22.3 Å². The number of halogens is 5. The van der Waals surface area contributed by atoms with Gasteiger partial charge in [0.1, 0.15) is 16.6 Å². The minimum atomic E-state index is -4.54. The van der Waals surface area contributed by atoms with E-state index in [0.29, 0.717) is 0 Å². The Morgan fingerprint density at radius 2 is 2.15 bits per heavy atom. The number of rotatable bonds is 2. The largest absolute Gasteiger partial charge is 0.416 e. The van der Waals surface area contributed by atoms with Gasteiger partial charge >= 0.3 is 6.18 Å². The summed E-state index contributed by atoms with van der Waals surface area (Å²) in [5.74, 6) is -0.843. The summed E-state index contributed by atoms with van der Waals surface area (Å²) in [6.07, 6.45) is -5.68. The second-order valence-corrected chi connectivity index (χ2v) is 5.16. The summed E-state index contributed by atoms with van der Waals surface area (Å²) in [5.41, 5.74) is -0.933. The van der Waals surface area contributed by atoms with Gasteiger partial charge in [-0.3, -0.25) is 4.79 Å². The summed E-state index contributed by atoms with van der Waals surface area (Å²) >= 11 is 2.85. The lowest BCUT2D eigenvalue weighted by atomic mass is 10.2. The first-order valence-electron chi connectivity index (χ1n) is 5.69. The van der Waals surface area contributed by atoms with Crippen molar-refractivity contribution in [2.45, 2.75) is 24.8 Å². The third kappa shape index (κ3) is 3.66. The Balaban J connectivity index is 2.13. The van der Waals surface area contributed by atoms with Crippen LogP contribution in [0, 0.1) is 0 Å². The van der Waals surface area contributed by atoms with Crippen molar-refractivity contribution < 1.29 is 22.4 Å². The van der Waals surface area contributed by atoms with E-state index in [4.69, 9.17) is 0 Å². The molecule has 2 N–H and O–H groups in total. The maximum Gasteiger partial charge on any atom is 0.416 e. The molecule has 1 aliphatic heterocycles. The van der Waals surface area contributed by atoms with Crippen LogP contribution in [-0.4, -0.2) is 29.6 Å². The lowest BCUT2D eigenvalue weighted by molar-refractivity contribution is -0.137. The number of alkyl halides is 4. The summed E-state index contributed by atoms with van der Waals surface area (Å²) in [4.78, 5) is 15.5. The smallest absolute Gasteiger partial charge is 0.309 e. The fraction of sp³-hybridized carbons (Fsp3) is 0.455. The monoisotopic (exact) mass is 355 g/mol. The minimum absolute atomic E-state index is 0.00797. The molecular formula is C11H10BrF4N3O. The summed E-state index contributed by atoms with van der Waals surface area (Å²) in [6, 6.07) is 0.770. The number of anilines is 1. The van der Waals surface area contributed by atoms with Crippen LogP contribution in [0.4, 0.5) is 23.4 Å². The number of carbonyl (C=O) groups is 1. The number of nitrogens with one attached hydrogen (secondary N) is 2. The van der Waals surface area contributed by atoms with Crippen LogP contribution in [0.15, 0.2) is 16.7 Å². The SMILES string of the molecule is O=C(Nc1cc(C(F)(F)F)cc(Br)n1)[C@@H]1C[C@@H](F)CN1. The lowest BCUT2D eigenvalue weighted by Crippen LogP contribution is -2.35. The molecule has 0 unspecified atom stereocenters. The molecule has 2 atom stereocenters. The molecule has 1 saturated heterocycles. The number of amides is 1. The van der Waals surface area contributed by atoms with Gasteiger partial charge in [-0.15, -0.1) is 0 Å². The van der Waals surface area contributed by atoms with E-state index in [1.165, 1.54) is 0 Å². The normalized spacial score (nSPS) is 22.9. The fourth-order valence-corrected chi connectivity index (χ4v) is 2.27. The molecule has 1 amide bonds. The molecule has 20 heavy (non-hydrogen) atoms. The predicted octanol–water partition coefficient (Wildman–Crippen LogP) is 2.50. The van der Waals surface area contributed by atoms with Gasteiger partial charge in [0.15, 0.2) is 0 Å². The van der Waals surface area contributed by atoms with E-state index >= 15 is 0 Å². The lowest BCUT2D eigenvalue weighted by Gasteiger charge is -2.12. The second-order valence-electron chi connectivity index (χ2n) is 4.34. The van der Waals surface area contributed by atoms with Crippen LogP contribution in [0.3, 0.4) is 0 Å². The van der Waals surface area contributed by atoms with Crippen molar-refractivity contribution in [1.29, 1.82) is 0 Å².